The van der Waals surface area contributed by atoms with Crippen molar-refractivity contribution in [2.24, 2.45) is 0 Å². The van der Waals surface area contributed by atoms with Crippen LogP contribution in [0.5, 0.6) is 0 Å². The summed E-state index contributed by atoms with van der Waals surface area (Å²) >= 11 is 3.42. The quantitative estimate of drug-likeness (QED) is 0.115. The normalized spacial score (nSPS) is 12.2. The third-order valence-electron chi connectivity index (χ3n) is 11.4. The van der Waals surface area contributed by atoms with Crippen LogP contribution < -0.4 is 25.8 Å². The molecule has 0 fully saturated rings. The highest BCUT2D eigenvalue weighted by Gasteiger charge is 2.22. The van der Waals surface area contributed by atoms with E-state index in [9.17, 15) is 23.1 Å². The molecule has 0 spiro atoms. The number of hydrogen-bond donors (Lipinski definition) is 4. The molecule has 0 aliphatic carbocycles. The zero-order valence-electron chi connectivity index (χ0n) is 36.3. The number of fused-ring (bicyclic) bond motifs is 2. The van der Waals surface area contributed by atoms with Gasteiger partial charge in [0, 0.05) is 68.7 Å². The highest BCUT2D eigenvalue weighted by molar-refractivity contribution is 9.10. The number of carboxylic acids is 1. The minimum atomic E-state index is -1.01. The number of nitrogens with one attached hydrogen (secondary N) is 3. The van der Waals surface area contributed by atoms with E-state index in [4.69, 9.17) is 0 Å². The van der Waals surface area contributed by atoms with Crippen LogP contribution in [-0.2, 0) is 12.8 Å². The summed E-state index contributed by atoms with van der Waals surface area (Å²) in [5, 5.41) is 19.2. The number of anilines is 10. The van der Waals surface area contributed by atoms with E-state index in [0.29, 0.717) is 11.4 Å². The van der Waals surface area contributed by atoms with Crippen molar-refractivity contribution in [1.82, 2.24) is 0 Å². The number of nitrogens with zero attached hydrogens (tertiary/aromatic N) is 2. The first kappa shape index (κ1) is 45.1. The smallest absolute Gasteiger partial charge is 0.337 e. The maximum atomic E-state index is 13.1. The van der Waals surface area contributed by atoms with Crippen molar-refractivity contribution < 1.29 is 23.1 Å². The van der Waals surface area contributed by atoms with E-state index in [1.807, 2.05) is 49.4 Å². The van der Waals surface area contributed by atoms with E-state index in [0.717, 1.165) is 75.7 Å². The highest BCUT2D eigenvalue weighted by atomic mass is 79.9. The molecule has 0 atom stereocenters. The molecule has 0 aromatic heterocycles. The number of aryl methyl sites for hydroxylation is 2. The molecule has 2 aliphatic rings. The lowest BCUT2D eigenvalue weighted by molar-refractivity contribution is 0.0698. The van der Waals surface area contributed by atoms with Gasteiger partial charge in [-0.25, -0.2) is 18.0 Å². The van der Waals surface area contributed by atoms with E-state index in [2.05, 4.69) is 103 Å². The Hall–Kier alpha value is -7.50. The predicted octanol–water partition coefficient (Wildman–Crippen LogP) is 15.2. The van der Waals surface area contributed by atoms with Crippen molar-refractivity contribution in [1.29, 1.82) is 0 Å². The van der Waals surface area contributed by atoms with Gasteiger partial charge in [0.05, 0.1) is 11.3 Å². The van der Waals surface area contributed by atoms with Gasteiger partial charge in [-0.3, -0.25) is 0 Å². The fraction of sp³-hybridized carbons (Fsp3) is 0.109. The molecule has 0 unspecified atom stereocenters. The van der Waals surface area contributed by atoms with Crippen LogP contribution in [0.25, 0.3) is 0 Å². The Morgan fingerprint density at radius 2 is 0.894 bits per heavy atom. The van der Waals surface area contributed by atoms with Crippen molar-refractivity contribution in [3.8, 4) is 0 Å². The molecule has 2 heterocycles. The number of benzene rings is 8. The molecule has 0 bridgehead atoms. The van der Waals surface area contributed by atoms with Crippen LogP contribution in [0.3, 0.4) is 0 Å². The van der Waals surface area contributed by atoms with Gasteiger partial charge in [-0.1, -0.05) is 64.5 Å². The number of carboxylic acid groups (broad SMARTS) is 1. The van der Waals surface area contributed by atoms with E-state index in [1.54, 1.807) is 42.5 Å². The Morgan fingerprint density at radius 1 is 0.500 bits per heavy atom. The minimum Gasteiger partial charge on any atom is -0.478 e. The molecule has 0 radical (unpaired) electrons. The fourth-order valence-corrected chi connectivity index (χ4v) is 8.27. The SMILES string of the molecule is Cc1ccc(Br)cc1Nc1ccc(F)cc1.Cc1ccc(N2CCc3ccccc32)cc1Nc1ccc(F)cc1.O=C(O)c1ccc(N2CCc3ccccc32)cc1Nc1ccc(F)cc1. The summed E-state index contributed by atoms with van der Waals surface area (Å²) in [7, 11) is 0. The van der Waals surface area contributed by atoms with Crippen molar-refractivity contribution in [2.75, 3.05) is 38.8 Å². The Morgan fingerprint density at radius 3 is 1.36 bits per heavy atom. The van der Waals surface area contributed by atoms with Crippen molar-refractivity contribution in [2.45, 2.75) is 26.7 Å². The van der Waals surface area contributed by atoms with Crippen LogP contribution in [-0.4, -0.2) is 24.2 Å². The van der Waals surface area contributed by atoms with E-state index >= 15 is 0 Å². The first-order valence-electron chi connectivity index (χ1n) is 21.5. The lowest BCUT2D eigenvalue weighted by atomic mass is 10.1. The zero-order valence-corrected chi connectivity index (χ0v) is 37.9. The molecule has 10 rings (SSSR count). The second kappa shape index (κ2) is 20.6. The molecule has 332 valence electrons. The average Bonchev–Trinajstić information content (AvgIpc) is 3.96. The Bertz CT molecular complexity index is 2970. The summed E-state index contributed by atoms with van der Waals surface area (Å²) in [6.45, 7) is 5.95. The van der Waals surface area contributed by atoms with Crippen LogP contribution in [0, 0.1) is 31.3 Å². The minimum absolute atomic E-state index is 0.172. The predicted molar refractivity (Wildman–Crippen MR) is 267 cm³/mol. The second-order valence-electron chi connectivity index (χ2n) is 15.9. The standard InChI is InChI=1S/C21H17FN2O2.C21H19FN2.C13H11BrFN/c22-15-5-7-16(8-6-15)23-19-13-17(9-10-18(19)21(25)26)24-12-11-14-3-1-2-4-20(14)24;1-15-6-11-19(24-13-12-16-4-2-3-5-21(16)24)14-20(15)23-18-9-7-17(22)8-10-18;1-9-2-3-10(14)8-13(9)16-12-6-4-11(15)5-7-12/h1-10,13,23H,11-12H2,(H,25,26);2-11,14,23H,12-13H2,1H3;2-8,16H,1H3. The van der Waals surface area contributed by atoms with Crippen molar-refractivity contribution in [3.63, 3.8) is 0 Å². The molecular weight excluding hydrogens is 900 g/mol. The van der Waals surface area contributed by atoms with Crippen LogP contribution in [0.4, 0.5) is 70.0 Å². The molecule has 0 saturated carbocycles. The number of para-hydroxylation sites is 2. The van der Waals surface area contributed by atoms with Crippen LogP contribution in [0.1, 0.15) is 32.6 Å². The largest absolute Gasteiger partial charge is 0.478 e. The molecule has 8 aromatic rings. The Balaban J connectivity index is 0.000000139. The number of hydrogen-bond acceptors (Lipinski definition) is 6. The highest BCUT2D eigenvalue weighted by Crippen LogP contribution is 2.38. The maximum absolute atomic E-state index is 13.1. The summed E-state index contributed by atoms with van der Waals surface area (Å²) in [6.07, 6.45) is 2.03. The number of carbonyl (C=O) groups is 1. The maximum Gasteiger partial charge on any atom is 0.337 e. The van der Waals surface area contributed by atoms with Gasteiger partial charge in [0.25, 0.3) is 0 Å². The monoisotopic (exact) mass is 945 g/mol. The van der Waals surface area contributed by atoms with Gasteiger partial charge in [0.2, 0.25) is 0 Å². The van der Waals surface area contributed by atoms with Gasteiger partial charge in [-0.15, -0.1) is 0 Å². The molecular formula is C55H47BrF3N5O2. The zero-order chi connectivity index (χ0) is 46.2. The van der Waals surface area contributed by atoms with Crippen LogP contribution in [0.15, 0.2) is 180 Å². The second-order valence-corrected chi connectivity index (χ2v) is 16.9. The summed E-state index contributed by atoms with van der Waals surface area (Å²) in [6, 6.07) is 53.1. The summed E-state index contributed by atoms with van der Waals surface area (Å²) in [5.41, 5.74) is 14.6. The summed E-state index contributed by atoms with van der Waals surface area (Å²) < 4.78 is 39.9. The molecule has 0 saturated heterocycles. The number of aromatic carboxylic acids is 1. The Labute approximate surface area is 391 Å². The summed E-state index contributed by atoms with van der Waals surface area (Å²) in [5.74, 6) is -1.80. The lowest BCUT2D eigenvalue weighted by Gasteiger charge is -2.21. The van der Waals surface area contributed by atoms with E-state index < -0.39 is 5.97 Å². The van der Waals surface area contributed by atoms with Crippen LogP contribution >= 0.6 is 15.9 Å². The Kier molecular flexibility index (Phi) is 14.0. The van der Waals surface area contributed by atoms with Crippen molar-refractivity contribution in [3.05, 3.63) is 226 Å². The third-order valence-corrected chi connectivity index (χ3v) is 11.9. The van der Waals surface area contributed by atoms with Gasteiger partial charge in [0.15, 0.2) is 0 Å². The molecule has 0 amide bonds. The van der Waals surface area contributed by atoms with E-state index in [1.165, 1.54) is 58.9 Å². The van der Waals surface area contributed by atoms with Gasteiger partial charge >= 0.3 is 5.97 Å². The van der Waals surface area contributed by atoms with Gasteiger partial charge in [0.1, 0.15) is 17.5 Å². The number of rotatable bonds is 9. The fourth-order valence-electron chi connectivity index (χ4n) is 7.91. The molecule has 8 aromatic carbocycles. The van der Waals surface area contributed by atoms with Gasteiger partial charge < -0.3 is 30.9 Å². The van der Waals surface area contributed by atoms with Crippen LogP contribution in [0.2, 0.25) is 0 Å². The van der Waals surface area contributed by atoms with E-state index in [-0.39, 0.29) is 23.0 Å². The molecule has 7 nitrogen and oxygen atoms in total. The first-order chi connectivity index (χ1) is 32.0. The van der Waals surface area contributed by atoms with Gasteiger partial charge in [-0.05, 0) is 176 Å². The first-order valence-corrected chi connectivity index (χ1v) is 22.3. The molecule has 4 N–H and O–H groups in total. The average molecular weight is 947 g/mol. The summed E-state index contributed by atoms with van der Waals surface area (Å²) in [4.78, 5) is 16.1. The molecule has 2 aliphatic heterocycles. The van der Waals surface area contributed by atoms with Gasteiger partial charge in [-0.2, -0.15) is 0 Å². The third kappa shape index (κ3) is 11.0. The molecule has 11 heteroatoms. The topological polar surface area (TPSA) is 79.9 Å². The molecule has 66 heavy (non-hydrogen) atoms. The lowest BCUT2D eigenvalue weighted by Crippen LogP contribution is -2.14. The van der Waals surface area contributed by atoms with Crippen molar-refractivity contribution >= 4 is 78.8 Å². The number of halogens is 4.